The van der Waals surface area contributed by atoms with Gasteiger partial charge in [-0.15, -0.1) is 5.10 Å². The average molecular weight is 459 g/mol. The fraction of sp³-hybridized carbons (Fsp3) is 0.167. The third-order valence-corrected chi connectivity index (χ3v) is 6.38. The van der Waals surface area contributed by atoms with Crippen LogP contribution in [0.25, 0.3) is 33.3 Å². The molecule has 33 heavy (non-hydrogen) atoms. The standard InChI is InChI=1S/C24H22N6O2S/c1-16(2)30(33(31)32)20-8-6-18(7-9-20)22-11-12-23-24(26-22)29(28-27-23)15-17-5-10-21-19(14-17)4-3-13-25-21/h3-14,16H,15H2,1-2H3,(H,31,32). The van der Waals surface area contributed by atoms with Gasteiger partial charge in [0.05, 0.1) is 23.4 Å². The second-order valence-corrected chi connectivity index (χ2v) is 8.87. The van der Waals surface area contributed by atoms with Gasteiger partial charge >= 0.3 is 0 Å². The van der Waals surface area contributed by atoms with Crippen LogP contribution in [0.5, 0.6) is 0 Å². The summed E-state index contributed by atoms with van der Waals surface area (Å²) in [6.45, 7) is 4.29. The summed E-state index contributed by atoms with van der Waals surface area (Å²) in [6.07, 6.45) is 1.79. The molecule has 166 valence electrons. The number of hydrogen-bond donors (Lipinski definition) is 1. The molecule has 0 saturated carbocycles. The molecule has 0 amide bonds. The van der Waals surface area contributed by atoms with E-state index >= 15 is 0 Å². The summed E-state index contributed by atoms with van der Waals surface area (Å²) < 4.78 is 24.5. The van der Waals surface area contributed by atoms with Crippen molar-refractivity contribution in [2.75, 3.05) is 4.31 Å². The van der Waals surface area contributed by atoms with Crippen LogP contribution in [0.3, 0.4) is 0 Å². The second kappa shape index (κ2) is 8.68. The van der Waals surface area contributed by atoms with Crippen molar-refractivity contribution in [3.05, 3.63) is 78.5 Å². The predicted octanol–water partition coefficient (Wildman–Crippen LogP) is 4.44. The number of fused-ring (bicyclic) bond motifs is 2. The van der Waals surface area contributed by atoms with Crippen molar-refractivity contribution >= 4 is 39.0 Å². The molecule has 0 aliphatic carbocycles. The van der Waals surface area contributed by atoms with Crippen LogP contribution in [-0.2, 0) is 17.8 Å². The van der Waals surface area contributed by atoms with Crippen LogP contribution in [-0.4, -0.2) is 39.8 Å². The number of benzene rings is 2. The average Bonchev–Trinajstić information content (AvgIpc) is 3.21. The van der Waals surface area contributed by atoms with E-state index in [9.17, 15) is 8.76 Å². The number of rotatable bonds is 6. The summed E-state index contributed by atoms with van der Waals surface area (Å²) in [4.78, 5) is 9.18. The van der Waals surface area contributed by atoms with Gasteiger partial charge < -0.3 is 0 Å². The van der Waals surface area contributed by atoms with E-state index in [1.165, 1.54) is 4.31 Å². The van der Waals surface area contributed by atoms with Gasteiger partial charge in [-0.1, -0.05) is 29.5 Å². The molecule has 1 N–H and O–H groups in total. The van der Waals surface area contributed by atoms with E-state index in [1.54, 1.807) is 10.9 Å². The summed E-state index contributed by atoms with van der Waals surface area (Å²) in [5.74, 6) is 0. The molecular formula is C24H22N6O2S. The van der Waals surface area contributed by atoms with Crippen molar-refractivity contribution in [3.8, 4) is 11.3 Å². The van der Waals surface area contributed by atoms with Gasteiger partial charge in [0, 0.05) is 23.2 Å². The minimum absolute atomic E-state index is 0.109. The molecule has 9 heteroatoms. The maximum atomic E-state index is 11.7. The molecule has 5 rings (SSSR count). The summed E-state index contributed by atoms with van der Waals surface area (Å²) >= 11 is -2.09. The van der Waals surface area contributed by atoms with Crippen molar-refractivity contribution < 1.29 is 8.76 Å². The minimum atomic E-state index is -2.09. The van der Waals surface area contributed by atoms with Crippen LogP contribution in [0, 0.1) is 0 Å². The molecule has 0 aliphatic rings. The van der Waals surface area contributed by atoms with Crippen LogP contribution >= 0.6 is 0 Å². The highest BCUT2D eigenvalue weighted by Gasteiger charge is 2.16. The Bertz CT molecular complexity index is 1470. The number of hydrogen-bond acceptors (Lipinski definition) is 5. The smallest absolute Gasteiger partial charge is 0.262 e. The molecule has 3 heterocycles. The maximum Gasteiger partial charge on any atom is 0.262 e. The molecule has 0 bridgehead atoms. The molecule has 0 spiro atoms. The lowest BCUT2D eigenvalue weighted by molar-refractivity contribution is 0.552. The summed E-state index contributed by atoms with van der Waals surface area (Å²) in [7, 11) is 0. The van der Waals surface area contributed by atoms with Crippen LogP contribution in [0.15, 0.2) is 72.9 Å². The second-order valence-electron chi connectivity index (χ2n) is 8.01. The zero-order valence-corrected chi connectivity index (χ0v) is 19.0. The largest absolute Gasteiger partial charge is 0.289 e. The van der Waals surface area contributed by atoms with E-state index in [-0.39, 0.29) is 6.04 Å². The lowest BCUT2D eigenvalue weighted by Crippen LogP contribution is -2.32. The highest BCUT2D eigenvalue weighted by atomic mass is 32.2. The number of pyridine rings is 2. The lowest BCUT2D eigenvalue weighted by atomic mass is 10.1. The normalized spacial score (nSPS) is 12.5. The zero-order chi connectivity index (χ0) is 22.9. The van der Waals surface area contributed by atoms with Gasteiger partial charge in [-0.2, -0.15) is 0 Å². The van der Waals surface area contributed by atoms with Gasteiger partial charge in [-0.05, 0) is 61.9 Å². The summed E-state index contributed by atoms with van der Waals surface area (Å²) in [5, 5.41) is 9.64. The van der Waals surface area contributed by atoms with Crippen LogP contribution in [0.4, 0.5) is 5.69 Å². The van der Waals surface area contributed by atoms with Gasteiger partial charge in [0.25, 0.3) is 11.3 Å². The van der Waals surface area contributed by atoms with Gasteiger partial charge in [-0.3, -0.25) is 13.8 Å². The summed E-state index contributed by atoms with van der Waals surface area (Å²) in [5.41, 5.74) is 5.81. The molecule has 8 nitrogen and oxygen atoms in total. The van der Waals surface area contributed by atoms with Crippen LogP contribution in [0.2, 0.25) is 0 Å². The van der Waals surface area contributed by atoms with E-state index < -0.39 is 11.3 Å². The van der Waals surface area contributed by atoms with E-state index in [0.29, 0.717) is 17.9 Å². The Labute approximate surface area is 193 Å². The lowest BCUT2D eigenvalue weighted by Gasteiger charge is -2.24. The van der Waals surface area contributed by atoms with Crippen molar-refractivity contribution in [3.63, 3.8) is 0 Å². The van der Waals surface area contributed by atoms with E-state index in [2.05, 4.69) is 21.4 Å². The molecule has 0 radical (unpaired) electrons. The summed E-state index contributed by atoms with van der Waals surface area (Å²) in [6, 6.07) is 21.3. The Morgan fingerprint density at radius 3 is 2.58 bits per heavy atom. The Morgan fingerprint density at radius 2 is 1.82 bits per heavy atom. The van der Waals surface area contributed by atoms with E-state index in [4.69, 9.17) is 4.98 Å². The number of nitrogens with zero attached hydrogens (tertiary/aromatic N) is 6. The predicted molar refractivity (Wildman–Crippen MR) is 130 cm³/mol. The molecule has 5 aromatic rings. The number of aromatic nitrogens is 5. The van der Waals surface area contributed by atoms with Crippen LogP contribution < -0.4 is 4.31 Å². The first-order chi connectivity index (χ1) is 16.0. The minimum Gasteiger partial charge on any atom is -0.289 e. The van der Waals surface area contributed by atoms with Crippen molar-refractivity contribution in [1.82, 2.24) is 25.0 Å². The Kier molecular flexibility index (Phi) is 5.57. The zero-order valence-electron chi connectivity index (χ0n) is 18.2. The molecular weight excluding hydrogens is 436 g/mol. The van der Waals surface area contributed by atoms with Crippen molar-refractivity contribution in [2.45, 2.75) is 26.4 Å². The van der Waals surface area contributed by atoms with Crippen molar-refractivity contribution in [2.24, 2.45) is 0 Å². The fourth-order valence-corrected chi connectivity index (χ4v) is 4.53. The highest BCUT2D eigenvalue weighted by molar-refractivity contribution is 7.80. The SMILES string of the molecule is CC(C)N(c1ccc(-c2ccc3nnn(Cc4ccc5ncccc5c4)c3n2)cc1)S(=O)O. The first-order valence-corrected chi connectivity index (χ1v) is 11.6. The number of anilines is 1. The Hall–Kier alpha value is -3.69. The molecule has 0 fully saturated rings. The Morgan fingerprint density at radius 1 is 1.03 bits per heavy atom. The van der Waals surface area contributed by atoms with Crippen LogP contribution in [0.1, 0.15) is 19.4 Å². The molecule has 3 aromatic heterocycles. The first kappa shape index (κ1) is 21.2. The van der Waals surface area contributed by atoms with Gasteiger partial charge in [0.1, 0.15) is 5.52 Å². The van der Waals surface area contributed by atoms with E-state index in [0.717, 1.165) is 33.2 Å². The quantitative estimate of drug-likeness (QED) is 0.378. The molecule has 0 aliphatic heterocycles. The monoisotopic (exact) mass is 458 g/mol. The van der Waals surface area contributed by atoms with E-state index in [1.807, 2.05) is 74.5 Å². The van der Waals surface area contributed by atoms with Gasteiger partial charge in [-0.25, -0.2) is 13.9 Å². The third-order valence-electron chi connectivity index (χ3n) is 5.41. The third kappa shape index (κ3) is 4.20. The topological polar surface area (TPSA) is 97.0 Å². The molecule has 1 unspecified atom stereocenters. The Balaban J connectivity index is 1.46. The molecule has 1 atom stereocenters. The van der Waals surface area contributed by atoms with Crippen molar-refractivity contribution in [1.29, 1.82) is 0 Å². The van der Waals surface area contributed by atoms with Gasteiger partial charge in [0.2, 0.25) is 0 Å². The fourth-order valence-electron chi connectivity index (χ4n) is 3.86. The maximum absolute atomic E-state index is 11.7. The first-order valence-electron chi connectivity index (χ1n) is 10.5. The molecule has 0 saturated heterocycles. The molecule has 2 aromatic carbocycles. The van der Waals surface area contributed by atoms with Gasteiger partial charge in [0.15, 0.2) is 5.65 Å². The highest BCUT2D eigenvalue weighted by Crippen LogP contribution is 2.25.